The van der Waals surface area contributed by atoms with E-state index in [-0.39, 0.29) is 59.3 Å². The van der Waals surface area contributed by atoms with Gasteiger partial charge in [0.05, 0.1) is 30.6 Å². The summed E-state index contributed by atoms with van der Waals surface area (Å²) in [6.45, 7) is 56.2. The Balaban J connectivity index is -0.00000133. The second kappa shape index (κ2) is 54.3. The van der Waals surface area contributed by atoms with Crippen molar-refractivity contribution in [2.45, 2.75) is 344 Å². The van der Waals surface area contributed by atoms with E-state index in [0.717, 1.165) is 94.5 Å². The quantitative estimate of drug-likeness (QED) is 0.0409. The van der Waals surface area contributed by atoms with Gasteiger partial charge in [0.2, 0.25) is 5.78 Å². The molecule has 0 radical (unpaired) electrons. The van der Waals surface area contributed by atoms with E-state index in [9.17, 15) is 43.2 Å². The van der Waals surface area contributed by atoms with E-state index < -0.39 is 82.5 Å². The summed E-state index contributed by atoms with van der Waals surface area (Å²) in [7, 11) is 2.98. The van der Waals surface area contributed by atoms with Crippen molar-refractivity contribution in [3.8, 4) is 12.3 Å². The van der Waals surface area contributed by atoms with Crippen LogP contribution in [-0.2, 0) is 47.7 Å². The van der Waals surface area contributed by atoms with Crippen molar-refractivity contribution in [1.82, 2.24) is 65.5 Å². The number of carboxylic acids is 1. The van der Waals surface area contributed by atoms with Gasteiger partial charge in [-0.3, -0.25) is 53.9 Å². The Morgan fingerprint density at radius 2 is 0.822 bits per heavy atom. The van der Waals surface area contributed by atoms with Gasteiger partial charge in [0.1, 0.15) is 46.1 Å². The highest BCUT2D eigenvalue weighted by Gasteiger charge is 2.42. The molecule has 0 aliphatic carbocycles. The molecule has 0 bridgehead atoms. The number of terminal acetylenes is 1. The molecule has 29 nitrogen and oxygen atoms in total. The van der Waals surface area contributed by atoms with Crippen molar-refractivity contribution < 1.29 is 76.8 Å². The minimum absolute atomic E-state index is 0. The molecule has 6 aliphatic heterocycles. The number of rotatable bonds is 13. The number of hydrogen-bond acceptors (Lipinski definition) is 20. The average Bonchev–Trinajstić information content (AvgIpc) is 0.891. The van der Waals surface area contributed by atoms with Gasteiger partial charge in [0.15, 0.2) is 5.78 Å². The van der Waals surface area contributed by atoms with Gasteiger partial charge in [0, 0.05) is 77.5 Å². The smallest absolute Gasteiger partial charge is 0.411 e. The maximum absolute atomic E-state index is 12.6. The number of ketones is 2. The highest BCUT2D eigenvalue weighted by atomic mass is 16.7. The third-order valence-corrected chi connectivity index (χ3v) is 19.4. The van der Waals surface area contributed by atoms with Gasteiger partial charge in [0.25, 0.3) is 5.91 Å². The van der Waals surface area contributed by atoms with Crippen LogP contribution in [0.5, 0.6) is 0 Å². The number of aromatic nitrogens is 4. The molecular formula is C89H165N13O16. The van der Waals surface area contributed by atoms with E-state index in [2.05, 4.69) is 83.4 Å². The zero-order valence-electron chi connectivity index (χ0n) is 74.6. The lowest BCUT2D eigenvalue weighted by atomic mass is 9.92. The molecule has 0 saturated carbocycles. The lowest BCUT2D eigenvalue weighted by Crippen LogP contribution is -2.54. The van der Waals surface area contributed by atoms with Crippen molar-refractivity contribution in [1.29, 1.82) is 0 Å². The number of nitrogens with zero attached hydrogens (tertiary/aromatic N) is 9. The van der Waals surface area contributed by atoms with E-state index in [4.69, 9.17) is 40.1 Å². The van der Waals surface area contributed by atoms with E-state index in [1.165, 1.54) is 40.3 Å². The summed E-state index contributed by atoms with van der Waals surface area (Å²) in [5.41, 5.74) is -0.542. The molecule has 6 saturated heterocycles. The van der Waals surface area contributed by atoms with Gasteiger partial charge in [-0.2, -0.15) is 10.2 Å². The fraction of sp³-hybridized carbons (Fsp3) is 0.787. The number of H-pyrrole nitrogens is 2. The van der Waals surface area contributed by atoms with Crippen molar-refractivity contribution in [2.75, 3.05) is 79.6 Å². The Morgan fingerprint density at radius 3 is 1.15 bits per heavy atom. The first-order valence-electron chi connectivity index (χ1n) is 41.3. The van der Waals surface area contributed by atoms with Crippen LogP contribution in [0.2, 0.25) is 0 Å². The first-order chi connectivity index (χ1) is 52.9. The van der Waals surface area contributed by atoms with Gasteiger partial charge in [-0.1, -0.05) is 85.1 Å². The van der Waals surface area contributed by atoms with Crippen LogP contribution in [0.15, 0.2) is 36.8 Å². The van der Waals surface area contributed by atoms with E-state index in [1.54, 1.807) is 65.8 Å². The third-order valence-electron chi connectivity index (χ3n) is 19.4. The second-order valence-electron chi connectivity index (χ2n) is 36.1. The molecule has 29 heteroatoms. The summed E-state index contributed by atoms with van der Waals surface area (Å²) < 4.78 is 26.9. The Hall–Kier alpha value is -7.97. The van der Waals surface area contributed by atoms with Gasteiger partial charge in [-0.05, 0) is 274 Å². The van der Waals surface area contributed by atoms with Crippen LogP contribution in [0.4, 0.5) is 24.0 Å². The number of aliphatic carboxylic acids is 1. The Morgan fingerprint density at radius 1 is 0.492 bits per heavy atom. The molecule has 8 rings (SSSR count). The highest BCUT2D eigenvalue weighted by molar-refractivity contribution is 6.00. The maximum atomic E-state index is 12.6. The minimum atomic E-state index is -0.956. The number of ether oxygens (including phenoxy) is 5. The Kier molecular flexibility index (Phi) is 52.6. The number of carbonyl (C=O) groups is 9. The van der Waals surface area contributed by atoms with Crippen LogP contribution in [-0.4, -0.2) is 246 Å². The number of likely N-dealkylation sites (tertiary alicyclic amines) is 5. The monoisotopic (exact) mass is 1670 g/mol. The van der Waals surface area contributed by atoms with Crippen LogP contribution < -0.4 is 10.6 Å². The summed E-state index contributed by atoms with van der Waals surface area (Å²) in [4.78, 5) is 123. The number of nitrogens with one attached hydrogen (secondary N) is 4. The summed E-state index contributed by atoms with van der Waals surface area (Å²) >= 11 is 0. The molecule has 6 amide bonds. The van der Waals surface area contributed by atoms with Gasteiger partial charge < -0.3 is 44.3 Å². The van der Waals surface area contributed by atoms with E-state index in [0.29, 0.717) is 87.5 Å². The lowest BCUT2D eigenvalue weighted by Gasteiger charge is -2.39. The average molecular weight is 1670 g/mol. The van der Waals surface area contributed by atoms with Crippen LogP contribution in [0.1, 0.15) is 303 Å². The third kappa shape index (κ3) is 43.3. The zero-order valence-corrected chi connectivity index (χ0v) is 74.6. The summed E-state index contributed by atoms with van der Waals surface area (Å²) in [5, 5.41) is 30.8. The topological polar surface area (TPSA) is 333 Å². The fourth-order valence-corrected chi connectivity index (χ4v) is 13.3. The van der Waals surface area contributed by atoms with Crippen LogP contribution in [0.3, 0.4) is 0 Å². The SMILES string of the molecule is C.C.C.C.C#CC(=O)[C@H]1CC[C@H](C)CN1C(=O)OC(C)(C)C.CCN(/C=C/C(=O)[C@H]1CC[C@H](C)CN1C(=O)OC(C)(C)C)CC.CCNCC.CON(C)C(=O)[C@H]1CC[C@H](C)CN1C(=O)OC(C)(C)C.C[C@H]1CC[C@H](C(=O)O)N(C(=O)OC(C)(C)C)C1.C[C@H]1CC[C@H](c2ccn[nH]2)N(C(=O)OC(C)(C)C)C1.C[C@H]1CC[C@H](c2ccn[nH]2)NC1. The fourth-order valence-electron chi connectivity index (χ4n) is 13.3. The molecule has 2 aromatic rings. The summed E-state index contributed by atoms with van der Waals surface area (Å²) in [5.74, 6) is 3.33. The van der Waals surface area contributed by atoms with Crippen molar-refractivity contribution in [3.63, 3.8) is 0 Å². The first kappa shape index (κ1) is 114. The molecule has 6 fully saturated rings. The Labute approximate surface area is 712 Å². The van der Waals surface area contributed by atoms with Crippen LogP contribution in [0.25, 0.3) is 0 Å². The highest BCUT2D eigenvalue weighted by Crippen LogP contribution is 2.35. The van der Waals surface area contributed by atoms with Crippen molar-refractivity contribution >= 4 is 53.9 Å². The van der Waals surface area contributed by atoms with Crippen molar-refractivity contribution in [2.24, 2.45) is 35.5 Å². The molecule has 2 aromatic heterocycles. The number of amides is 6. The van der Waals surface area contributed by atoms with E-state index >= 15 is 0 Å². The standard InChI is InChI=1S/C18H32N2O3.C14H23N3O2.C14H26N2O4.C14H21NO3.C12H21NO4.C9H15N3.C4H11N.4CH4/c1-7-19(8-2)12-11-16(21)15-10-9-14(3)13-20(15)17(22)23-18(4,5)6;1-10-5-6-12(11-7-8-15-16-11)17(9-10)13(18)19-14(2,3)4;1-10-7-8-11(12(17)15(5)19-6)16(9-10)13(18)20-14(2,3)4;1-6-12(16)11-8-7-10(2)9-15(11)13(17)18-14(3,4)5;1-8-5-6-9(10(14)15)13(7-8)11(16)17-12(2,3)4;1-7-2-3-8(10-6-7)9-4-5-11-12-9;1-3-5-4-2;;;;/h11-12,14-15H,7-10,13H2,1-6H3;7-8,10,12H,5-6,9H2,1-4H3,(H,15,16);10-11H,7-9H2,1-6H3;1,10-11H,7-9H2,2-5H3;8-9H,5-7H2,1-4H3,(H,14,15);4-5,7-8,10H,2-3,6H2,1H3,(H,11,12);5H,3-4H2,1-2H3;4*1H4/b12-11+;;;;;;;;;;/t14-,15+;10-,12+;2*10-,11+;8-,9+;7-,8+;;;;;/m000000...../s1. The number of carboxylic acid groups (broad SMARTS) is 1. The number of hydrogen-bond donors (Lipinski definition) is 5. The molecule has 0 spiro atoms. The maximum Gasteiger partial charge on any atom is 0.411 e. The van der Waals surface area contributed by atoms with Crippen molar-refractivity contribution in [3.05, 3.63) is 48.2 Å². The second-order valence-corrected chi connectivity index (χ2v) is 36.1. The normalized spacial score (nSPS) is 23.1. The molecule has 118 heavy (non-hydrogen) atoms. The molecule has 8 heterocycles. The number of hydroxylamine groups is 2. The molecular weight excluding hydrogens is 1510 g/mol. The number of Topliss-reactive ketones (excluding diaryl/α,β-unsaturated/α-hetero) is 1. The van der Waals surface area contributed by atoms with Gasteiger partial charge in [-0.25, -0.2) is 33.8 Å². The van der Waals surface area contributed by atoms with Crippen LogP contribution in [0, 0.1) is 47.9 Å². The predicted molar refractivity (Wildman–Crippen MR) is 470 cm³/mol. The van der Waals surface area contributed by atoms with Gasteiger partial charge in [-0.15, -0.1) is 6.42 Å². The molecule has 6 aliphatic rings. The number of aromatic amines is 2. The summed E-state index contributed by atoms with van der Waals surface area (Å²) in [6.07, 6.45) is 20.7. The zero-order chi connectivity index (χ0) is 86.8. The summed E-state index contributed by atoms with van der Waals surface area (Å²) in [6, 6.07) is 2.34. The van der Waals surface area contributed by atoms with E-state index in [1.807, 2.05) is 119 Å². The molecule has 682 valence electrons. The number of likely N-dealkylation sites (N-methyl/N-ethyl adjacent to an activating group) is 1. The number of piperidine rings is 6. The lowest BCUT2D eigenvalue weighted by molar-refractivity contribution is -0.175. The first-order valence-corrected chi connectivity index (χ1v) is 41.3. The van der Waals surface area contributed by atoms with Gasteiger partial charge >= 0.3 is 36.4 Å². The molecule has 5 N–H and O–H groups in total. The minimum Gasteiger partial charge on any atom is -0.480 e. The molecule has 12 atom stereocenters. The largest absolute Gasteiger partial charge is 0.480 e. The predicted octanol–water partition coefficient (Wildman–Crippen LogP) is 17.6. The molecule has 0 aromatic carbocycles. The van der Waals surface area contributed by atoms with Crippen LogP contribution >= 0.6 is 0 Å². The molecule has 0 unspecified atom stereocenters. The number of carbonyl (C=O) groups excluding carboxylic acids is 8. The Bertz CT molecular complexity index is 3280.